The van der Waals surface area contributed by atoms with Gasteiger partial charge in [0.05, 0.1) is 0 Å². The summed E-state index contributed by atoms with van der Waals surface area (Å²) in [5.41, 5.74) is 0.912. The molecule has 0 amide bonds. The lowest BCUT2D eigenvalue weighted by atomic mass is 10.3. The van der Waals surface area contributed by atoms with Crippen LogP contribution in [-0.4, -0.2) is 12.0 Å². The van der Waals surface area contributed by atoms with Gasteiger partial charge in [-0.2, -0.15) is 0 Å². The van der Waals surface area contributed by atoms with E-state index in [0.717, 1.165) is 11.5 Å². The molecular weight excluding hydrogens is 191 g/mol. The minimum atomic E-state index is -0.229. The molecule has 15 heavy (non-hydrogen) atoms. The Labute approximate surface area is 88.0 Å². The number of anilines is 2. The molecule has 1 aromatic carbocycles. The van der Waals surface area contributed by atoms with E-state index >= 15 is 0 Å². The average Bonchev–Trinajstić information content (AvgIpc) is 2.30. The first-order chi connectivity index (χ1) is 7.27. The maximum Gasteiger partial charge on any atom is 0.132 e. The predicted molar refractivity (Wildman–Crippen MR) is 58.7 cm³/mol. The van der Waals surface area contributed by atoms with Gasteiger partial charge in [-0.3, -0.25) is 0 Å². The first-order valence-corrected chi connectivity index (χ1v) is 4.68. The third-order valence-electron chi connectivity index (χ3n) is 2.21. The fraction of sp³-hybridized carbons (Fsp3) is 0.0833. The van der Waals surface area contributed by atoms with Gasteiger partial charge in [-0.1, -0.05) is 6.07 Å². The predicted octanol–water partition coefficient (Wildman–Crippen LogP) is 2.99. The summed E-state index contributed by atoms with van der Waals surface area (Å²) >= 11 is 0. The Bertz CT molecular complexity index is 425. The Hall–Kier alpha value is -1.90. The normalized spacial score (nSPS) is 10.0. The van der Waals surface area contributed by atoms with Gasteiger partial charge in [-0.25, -0.2) is 9.37 Å². The minimum absolute atomic E-state index is 0.229. The zero-order valence-corrected chi connectivity index (χ0v) is 8.39. The van der Waals surface area contributed by atoms with Crippen molar-refractivity contribution in [3.8, 4) is 0 Å². The molecule has 0 bridgehead atoms. The molecule has 0 saturated heterocycles. The van der Waals surface area contributed by atoms with Crippen molar-refractivity contribution in [2.75, 3.05) is 11.9 Å². The van der Waals surface area contributed by atoms with Gasteiger partial charge in [0.1, 0.15) is 11.6 Å². The van der Waals surface area contributed by atoms with Crippen molar-refractivity contribution in [2.45, 2.75) is 0 Å². The number of nitrogens with zero attached hydrogens (tertiary/aromatic N) is 2. The average molecular weight is 202 g/mol. The van der Waals surface area contributed by atoms with Gasteiger partial charge < -0.3 is 4.90 Å². The first-order valence-electron chi connectivity index (χ1n) is 4.68. The second-order valence-corrected chi connectivity index (χ2v) is 3.22. The number of halogens is 1. The van der Waals surface area contributed by atoms with E-state index in [4.69, 9.17) is 0 Å². The molecule has 0 unspecified atom stereocenters. The molecule has 1 aromatic heterocycles. The van der Waals surface area contributed by atoms with Crippen LogP contribution in [0.2, 0.25) is 0 Å². The molecule has 3 heteroatoms. The van der Waals surface area contributed by atoms with Gasteiger partial charge in [0, 0.05) is 18.9 Å². The maximum absolute atomic E-state index is 12.7. The van der Waals surface area contributed by atoms with Gasteiger partial charge in [0.15, 0.2) is 0 Å². The Kier molecular flexibility index (Phi) is 2.63. The van der Waals surface area contributed by atoms with Gasteiger partial charge in [0.2, 0.25) is 0 Å². The molecule has 0 aliphatic carbocycles. The summed E-state index contributed by atoms with van der Waals surface area (Å²) in [4.78, 5) is 6.11. The monoisotopic (exact) mass is 202 g/mol. The fourth-order valence-corrected chi connectivity index (χ4v) is 1.35. The molecule has 0 aliphatic heterocycles. The Morgan fingerprint density at radius 2 is 1.80 bits per heavy atom. The number of benzene rings is 1. The first kappa shape index (κ1) is 9.65. The second kappa shape index (κ2) is 4.09. The van der Waals surface area contributed by atoms with Crippen molar-refractivity contribution in [2.24, 2.45) is 0 Å². The second-order valence-electron chi connectivity index (χ2n) is 3.22. The summed E-state index contributed by atoms with van der Waals surface area (Å²) in [6, 6.07) is 12.0. The highest BCUT2D eigenvalue weighted by Gasteiger charge is 2.03. The lowest BCUT2D eigenvalue weighted by Crippen LogP contribution is -2.10. The van der Waals surface area contributed by atoms with Crippen molar-refractivity contribution in [3.63, 3.8) is 0 Å². The van der Waals surface area contributed by atoms with Crippen LogP contribution >= 0.6 is 0 Å². The SMILES string of the molecule is CN(c1ccc(F)cc1)c1ccccn1. The molecule has 0 saturated carbocycles. The standard InChI is InChI=1S/C12H11FN2/c1-15(12-4-2-3-9-14-12)11-7-5-10(13)6-8-11/h2-9H,1H3. The van der Waals surface area contributed by atoms with Crippen molar-refractivity contribution in [1.82, 2.24) is 4.98 Å². The summed E-state index contributed by atoms with van der Waals surface area (Å²) in [6.07, 6.45) is 1.73. The number of hydrogen-bond donors (Lipinski definition) is 0. The van der Waals surface area contributed by atoms with Gasteiger partial charge in [0.25, 0.3) is 0 Å². The van der Waals surface area contributed by atoms with E-state index in [1.807, 2.05) is 30.1 Å². The van der Waals surface area contributed by atoms with E-state index in [9.17, 15) is 4.39 Å². The maximum atomic E-state index is 12.7. The van der Waals surface area contributed by atoms with E-state index in [1.54, 1.807) is 18.3 Å². The van der Waals surface area contributed by atoms with E-state index in [2.05, 4.69) is 4.98 Å². The number of pyridine rings is 1. The van der Waals surface area contributed by atoms with E-state index in [-0.39, 0.29) is 5.82 Å². The quantitative estimate of drug-likeness (QED) is 0.744. The molecule has 0 fully saturated rings. The third-order valence-corrected chi connectivity index (χ3v) is 2.21. The molecule has 2 rings (SSSR count). The van der Waals surface area contributed by atoms with Crippen LogP contribution in [0, 0.1) is 5.82 Å². The zero-order chi connectivity index (χ0) is 10.7. The summed E-state index contributed by atoms with van der Waals surface area (Å²) in [6.45, 7) is 0. The fourth-order valence-electron chi connectivity index (χ4n) is 1.35. The summed E-state index contributed by atoms with van der Waals surface area (Å²) < 4.78 is 12.7. The van der Waals surface area contributed by atoms with Crippen LogP contribution in [0.1, 0.15) is 0 Å². The number of hydrogen-bond acceptors (Lipinski definition) is 2. The smallest absolute Gasteiger partial charge is 0.132 e. The summed E-state index contributed by atoms with van der Waals surface area (Å²) in [5, 5.41) is 0. The molecule has 0 radical (unpaired) electrons. The van der Waals surface area contributed by atoms with Crippen molar-refractivity contribution < 1.29 is 4.39 Å². The number of aromatic nitrogens is 1. The van der Waals surface area contributed by atoms with Gasteiger partial charge >= 0.3 is 0 Å². The Balaban J connectivity index is 2.29. The zero-order valence-electron chi connectivity index (χ0n) is 8.39. The molecule has 1 heterocycles. The molecule has 0 spiro atoms. The molecule has 0 N–H and O–H groups in total. The lowest BCUT2D eigenvalue weighted by molar-refractivity contribution is 0.628. The largest absolute Gasteiger partial charge is 0.329 e. The van der Waals surface area contributed by atoms with Crippen molar-refractivity contribution >= 4 is 11.5 Å². The van der Waals surface area contributed by atoms with Crippen LogP contribution in [0.3, 0.4) is 0 Å². The lowest BCUT2D eigenvalue weighted by Gasteiger charge is -2.17. The highest BCUT2D eigenvalue weighted by molar-refractivity contribution is 5.58. The number of rotatable bonds is 2. The van der Waals surface area contributed by atoms with Crippen LogP contribution in [0.15, 0.2) is 48.7 Å². The topological polar surface area (TPSA) is 16.1 Å². The van der Waals surface area contributed by atoms with Gasteiger partial charge in [-0.05, 0) is 36.4 Å². The highest BCUT2D eigenvalue weighted by Crippen LogP contribution is 2.20. The summed E-state index contributed by atoms with van der Waals surface area (Å²) in [7, 11) is 1.90. The van der Waals surface area contributed by atoms with Crippen molar-refractivity contribution in [1.29, 1.82) is 0 Å². The molecule has 0 atom stereocenters. The van der Waals surface area contributed by atoms with Crippen LogP contribution in [-0.2, 0) is 0 Å². The van der Waals surface area contributed by atoms with Crippen LogP contribution < -0.4 is 4.90 Å². The third kappa shape index (κ3) is 2.13. The van der Waals surface area contributed by atoms with E-state index in [0.29, 0.717) is 0 Å². The Morgan fingerprint density at radius 1 is 1.07 bits per heavy atom. The molecule has 0 aliphatic rings. The van der Waals surface area contributed by atoms with E-state index in [1.165, 1.54) is 12.1 Å². The van der Waals surface area contributed by atoms with Crippen molar-refractivity contribution in [3.05, 3.63) is 54.5 Å². The molecule has 76 valence electrons. The van der Waals surface area contributed by atoms with E-state index < -0.39 is 0 Å². The van der Waals surface area contributed by atoms with Gasteiger partial charge in [-0.15, -0.1) is 0 Å². The van der Waals surface area contributed by atoms with Crippen LogP contribution in [0.5, 0.6) is 0 Å². The highest BCUT2D eigenvalue weighted by atomic mass is 19.1. The van der Waals surface area contributed by atoms with Crippen LogP contribution in [0.25, 0.3) is 0 Å². The molecule has 2 aromatic rings. The molecular formula is C12H11FN2. The Morgan fingerprint density at radius 3 is 2.40 bits per heavy atom. The molecule has 2 nitrogen and oxygen atoms in total. The summed E-state index contributed by atoms with van der Waals surface area (Å²) in [5.74, 6) is 0.609. The van der Waals surface area contributed by atoms with Crippen LogP contribution in [0.4, 0.5) is 15.9 Å². The minimum Gasteiger partial charge on any atom is -0.329 e.